The van der Waals surface area contributed by atoms with Crippen molar-refractivity contribution in [3.05, 3.63) is 34.9 Å². The molecule has 3 N–H and O–H groups in total. The van der Waals surface area contributed by atoms with Gasteiger partial charge in [-0.05, 0) is 23.8 Å². The number of hydrogen-bond acceptors (Lipinski definition) is 4. The first-order valence-corrected chi connectivity index (χ1v) is 6.74. The van der Waals surface area contributed by atoms with Crippen LogP contribution in [-0.4, -0.2) is 25.5 Å². The monoisotopic (exact) mass is 372 g/mol. The summed E-state index contributed by atoms with van der Waals surface area (Å²) in [6, 6.07) is -0.658. The quantitative estimate of drug-likeness (QED) is 0.614. The van der Waals surface area contributed by atoms with Crippen molar-refractivity contribution >= 4 is 11.9 Å². The van der Waals surface area contributed by atoms with Crippen molar-refractivity contribution < 1.29 is 40.7 Å². The molecule has 0 heterocycles. The second-order valence-electron chi connectivity index (χ2n) is 4.94. The lowest BCUT2D eigenvalue weighted by molar-refractivity contribution is -0.143. The number of nitrogens with two attached hydrogens (primary N) is 1. The molecule has 1 amide bonds. The molecular formula is C14H14F6N2O3. The van der Waals surface area contributed by atoms with Crippen molar-refractivity contribution in [3.63, 3.8) is 0 Å². The third kappa shape index (κ3) is 5.93. The number of nitrogens with one attached hydrogen (secondary N) is 1. The van der Waals surface area contributed by atoms with Crippen molar-refractivity contribution in [2.45, 2.75) is 24.8 Å². The molecule has 0 unspecified atom stereocenters. The number of methoxy groups -OCH3 is 1. The van der Waals surface area contributed by atoms with Crippen LogP contribution in [0.5, 0.6) is 0 Å². The lowest BCUT2D eigenvalue weighted by atomic mass is 9.97. The van der Waals surface area contributed by atoms with Crippen molar-refractivity contribution in [3.8, 4) is 0 Å². The standard InChI is InChI=1S/C14H14F6N2O3/c1-25-12(24)5-10(22-11(23)6-21)7-2-8(13(15,16)17)4-9(3-7)14(18,19)20/h2-4,10H,5-6,21H2,1H3,(H,22,23)/t10-/m0/s1. The molecule has 0 bridgehead atoms. The highest BCUT2D eigenvalue weighted by atomic mass is 19.4. The summed E-state index contributed by atoms with van der Waals surface area (Å²) in [5, 5.41) is 2.11. The molecule has 0 aromatic heterocycles. The fourth-order valence-electron chi connectivity index (χ4n) is 1.94. The van der Waals surface area contributed by atoms with Crippen molar-refractivity contribution in [2.75, 3.05) is 13.7 Å². The van der Waals surface area contributed by atoms with E-state index in [2.05, 4.69) is 10.1 Å². The molecule has 140 valence electrons. The highest BCUT2D eigenvalue weighted by Crippen LogP contribution is 2.37. The predicted molar refractivity (Wildman–Crippen MR) is 73.0 cm³/mol. The van der Waals surface area contributed by atoms with Gasteiger partial charge < -0.3 is 15.8 Å². The highest BCUT2D eigenvalue weighted by molar-refractivity contribution is 5.79. The minimum absolute atomic E-state index is 0.0521. The van der Waals surface area contributed by atoms with Gasteiger partial charge >= 0.3 is 18.3 Å². The molecular weight excluding hydrogens is 358 g/mol. The number of ether oxygens (including phenoxy) is 1. The lowest BCUT2D eigenvalue weighted by Crippen LogP contribution is -2.35. The minimum atomic E-state index is -5.05. The Morgan fingerprint density at radius 3 is 1.92 bits per heavy atom. The first-order valence-electron chi connectivity index (χ1n) is 6.74. The van der Waals surface area contributed by atoms with Gasteiger partial charge in [0.1, 0.15) is 0 Å². The Bertz CT molecular complexity index is 592. The molecule has 0 aliphatic carbocycles. The van der Waals surface area contributed by atoms with Crippen LogP contribution < -0.4 is 11.1 Å². The second kappa shape index (κ2) is 7.72. The van der Waals surface area contributed by atoms with Gasteiger partial charge in [-0.15, -0.1) is 0 Å². The van der Waals surface area contributed by atoms with E-state index in [9.17, 15) is 35.9 Å². The predicted octanol–water partition coefficient (Wildman–Crippen LogP) is 2.40. The van der Waals surface area contributed by atoms with Crippen LogP contribution >= 0.6 is 0 Å². The third-order valence-corrected chi connectivity index (χ3v) is 3.13. The first kappa shape index (κ1) is 20.7. The number of benzene rings is 1. The van der Waals surface area contributed by atoms with E-state index in [4.69, 9.17) is 5.73 Å². The molecule has 1 atom stereocenters. The SMILES string of the molecule is COC(=O)C[C@H](NC(=O)CN)c1cc(C(F)(F)F)cc(C(F)(F)F)c1. The van der Waals surface area contributed by atoms with Gasteiger partial charge in [0.05, 0.1) is 37.2 Å². The second-order valence-corrected chi connectivity index (χ2v) is 4.94. The van der Waals surface area contributed by atoms with Crippen molar-refractivity contribution in [1.29, 1.82) is 0 Å². The van der Waals surface area contributed by atoms with E-state index < -0.39 is 59.9 Å². The van der Waals surface area contributed by atoms with Crippen LogP contribution in [0.2, 0.25) is 0 Å². The maximum atomic E-state index is 12.9. The molecule has 0 saturated carbocycles. The van der Waals surface area contributed by atoms with Gasteiger partial charge in [-0.1, -0.05) is 0 Å². The van der Waals surface area contributed by atoms with Crippen molar-refractivity contribution in [1.82, 2.24) is 5.32 Å². The van der Waals surface area contributed by atoms with Gasteiger partial charge in [-0.2, -0.15) is 26.3 Å². The molecule has 1 aromatic rings. The summed E-state index contributed by atoms with van der Waals surface area (Å²) in [6.45, 7) is -0.567. The summed E-state index contributed by atoms with van der Waals surface area (Å²) < 4.78 is 81.7. The van der Waals surface area contributed by atoms with Crippen LogP contribution in [0.1, 0.15) is 29.2 Å². The van der Waals surface area contributed by atoms with Gasteiger partial charge in [0, 0.05) is 0 Å². The van der Waals surface area contributed by atoms with Gasteiger partial charge in [0.2, 0.25) is 5.91 Å². The molecule has 11 heteroatoms. The average Bonchev–Trinajstić information content (AvgIpc) is 2.51. The van der Waals surface area contributed by atoms with Crippen LogP contribution in [0.3, 0.4) is 0 Å². The van der Waals surface area contributed by atoms with Crippen LogP contribution in [0, 0.1) is 0 Å². The fraction of sp³-hybridized carbons (Fsp3) is 0.429. The van der Waals surface area contributed by atoms with E-state index in [-0.39, 0.29) is 6.07 Å². The molecule has 1 rings (SSSR count). The largest absolute Gasteiger partial charge is 0.469 e. The third-order valence-electron chi connectivity index (χ3n) is 3.13. The average molecular weight is 372 g/mol. The van der Waals surface area contributed by atoms with E-state index in [0.29, 0.717) is 12.1 Å². The number of alkyl halides is 6. The molecule has 0 fully saturated rings. The number of rotatable bonds is 5. The molecule has 0 saturated heterocycles. The van der Waals surface area contributed by atoms with Gasteiger partial charge in [0.15, 0.2) is 0 Å². The zero-order chi connectivity index (χ0) is 19.4. The van der Waals surface area contributed by atoms with E-state index in [0.717, 1.165) is 7.11 Å². The summed E-state index contributed by atoms with van der Waals surface area (Å²) in [7, 11) is 0.984. The van der Waals surface area contributed by atoms with Crippen molar-refractivity contribution in [2.24, 2.45) is 5.73 Å². The number of amides is 1. The highest BCUT2D eigenvalue weighted by Gasteiger charge is 2.37. The van der Waals surface area contributed by atoms with Crippen LogP contribution in [0.25, 0.3) is 0 Å². The Morgan fingerprint density at radius 2 is 1.56 bits per heavy atom. The van der Waals surface area contributed by atoms with E-state index in [1.54, 1.807) is 0 Å². The molecule has 0 aliphatic heterocycles. The number of halogens is 6. The van der Waals surface area contributed by atoms with Gasteiger partial charge in [-0.3, -0.25) is 9.59 Å². The number of carbonyl (C=O) groups is 2. The Kier molecular flexibility index (Phi) is 6.41. The lowest BCUT2D eigenvalue weighted by Gasteiger charge is -2.21. The van der Waals surface area contributed by atoms with E-state index >= 15 is 0 Å². The molecule has 0 radical (unpaired) electrons. The summed E-state index contributed by atoms with van der Waals surface area (Å²) in [5.41, 5.74) is 1.40. The van der Waals surface area contributed by atoms with Crippen LogP contribution in [-0.2, 0) is 26.7 Å². The summed E-state index contributed by atoms with van der Waals surface area (Å²) in [5.74, 6) is -1.80. The normalized spacial score (nSPS) is 13.3. The van der Waals surface area contributed by atoms with E-state index in [1.807, 2.05) is 0 Å². The number of esters is 1. The smallest absolute Gasteiger partial charge is 0.416 e. The molecule has 25 heavy (non-hydrogen) atoms. The summed E-state index contributed by atoms with van der Waals surface area (Å²) >= 11 is 0. The molecule has 5 nitrogen and oxygen atoms in total. The maximum absolute atomic E-state index is 12.9. The Hall–Kier alpha value is -2.30. The van der Waals surface area contributed by atoms with Gasteiger partial charge in [-0.25, -0.2) is 0 Å². The fourth-order valence-corrected chi connectivity index (χ4v) is 1.94. The zero-order valence-corrected chi connectivity index (χ0v) is 12.8. The zero-order valence-electron chi connectivity index (χ0n) is 12.8. The minimum Gasteiger partial charge on any atom is -0.469 e. The maximum Gasteiger partial charge on any atom is 0.416 e. The van der Waals surface area contributed by atoms with Crippen LogP contribution in [0.15, 0.2) is 18.2 Å². The first-order chi connectivity index (χ1) is 11.4. The van der Waals surface area contributed by atoms with Crippen LogP contribution in [0.4, 0.5) is 26.3 Å². The Balaban J connectivity index is 3.45. The van der Waals surface area contributed by atoms with E-state index in [1.165, 1.54) is 0 Å². The molecule has 1 aromatic carbocycles. The summed E-state index contributed by atoms with van der Waals surface area (Å²) in [6.07, 6.45) is -10.8. The molecule has 0 spiro atoms. The van der Waals surface area contributed by atoms with Gasteiger partial charge in [0.25, 0.3) is 0 Å². The Morgan fingerprint density at radius 1 is 1.08 bits per heavy atom. The number of carbonyl (C=O) groups excluding carboxylic acids is 2. The number of hydrogen-bond donors (Lipinski definition) is 2. The summed E-state index contributed by atoms with van der Waals surface area (Å²) in [4.78, 5) is 22.8. The Labute approximate surface area is 138 Å². The topological polar surface area (TPSA) is 81.4 Å². The molecule has 0 aliphatic rings.